The monoisotopic (exact) mass is 227 g/mol. The van der Waals surface area contributed by atoms with Crippen molar-refractivity contribution in [1.29, 1.82) is 0 Å². The van der Waals surface area contributed by atoms with Crippen molar-refractivity contribution in [3.05, 3.63) is 30.1 Å². The highest BCUT2D eigenvalue weighted by atomic mass is 15.1. The Hall–Kier alpha value is -1.79. The quantitative estimate of drug-likeness (QED) is 0.815. The van der Waals surface area contributed by atoms with Crippen molar-refractivity contribution in [2.24, 2.45) is 7.05 Å². The largest absolute Gasteiger partial charge is 0.330 e. The number of hydrogen-bond acceptors (Lipinski definition) is 2. The summed E-state index contributed by atoms with van der Waals surface area (Å²) >= 11 is 0. The van der Waals surface area contributed by atoms with Gasteiger partial charge in [-0.25, -0.2) is 4.98 Å². The summed E-state index contributed by atoms with van der Waals surface area (Å²) in [6.07, 6.45) is 5.37. The number of rotatable bonds is 3. The third-order valence-electron chi connectivity index (χ3n) is 2.96. The maximum Gasteiger partial charge on any atom is 0.126 e. The molecule has 0 saturated carbocycles. The van der Waals surface area contributed by atoms with Gasteiger partial charge in [0.1, 0.15) is 5.82 Å². The van der Waals surface area contributed by atoms with E-state index in [1.807, 2.05) is 32.2 Å². The lowest BCUT2D eigenvalue weighted by Gasteiger charge is -2.15. The maximum atomic E-state index is 5.37. The first-order valence-electron chi connectivity index (χ1n) is 5.77. The third kappa shape index (κ3) is 2.17. The summed E-state index contributed by atoms with van der Waals surface area (Å²) < 4.78 is 2.11. The standard InChI is InChI=1S/C14H17N3/c1-5-10(2)15-11(3)14-16-12-8-6-7-9-13(12)17(14)4/h1,6-11,15H,2-4H3. The van der Waals surface area contributed by atoms with Gasteiger partial charge in [0.05, 0.1) is 23.1 Å². The molecule has 1 heterocycles. The van der Waals surface area contributed by atoms with Gasteiger partial charge in [0.2, 0.25) is 0 Å². The summed E-state index contributed by atoms with van der Waals surface area (Å²) in [4.78, 5) is 4.63. The van der Waals surface area contributed by atoms with E-state index in [9.17, 15) is 0 Å². The molecule has 2 aromatic rings. The highest BCUT2D eigenvalue weighted by Crippen LogP contribution is 2.19. The molecule has 1 aromatic heterocycles. The third-order valence-corrected chi connectivity index (χ3v) is 2.96. The van der Waals surface area contributed by atoms with Crippen molar-refractivity contribution in [1.82, 2.24) is 14.9 Å². The molecular weight excluding hydrogens is 210 g/mol. The zero-order valence-electron chi connectivity index (χ0n) is 10.4. The van der Waals surface area contributed by atoms with Crippen molar-refractivity contribution < 1.29 is 0 Å². The summed E-state index contributed by atoms with van der Waals surface area (Å²) in [5.74, 6) is 3.68. The number of terminal acetylenes is 1. The van der Waals surface area contributed by atoms with Crippen LogP contribution in [0, 0.1) is 12.3 Å². The number of hydrogen-bond donors (Lipinski definition) is 1. The number of aromatic nitrogens is 2. The number of imidazole rings is 1. The Morgan fingerprint density at radius 1 is 1.35 bits per heavy atom. The topological polar surface area (TPSA) is 29.9 Å². The van der Waals surface area contributed by atoms with E-state index < -0.39 is 0 Å². The second kappa shape index (κ2) is 4.60. The van der Waals surface area contributed by atoms with Crippen LogP contribution in [-0.4, -0.2) is 15.6 Å². The number of para-hydroxylation sites is 2. The molecule has 0 bridgehead atoms. The molecular formula is C14H17N3. The van der Waals surface area contributed by atoms with Gasteiger partial charge < -0.3 is 4.57 Å². The number of fused-ring (bicyclic) bond motifs is 1. The summed E-state index contributed by atoms with van der Waals surface area (Å²) in [5.41, 5.74) is 2.16. The molecule has 0 aliphatic rings. The van der Waals surface area contributed by atoms with E-state index in [1.165, 1.54) is 0 Å². The van der Waals surface area contributed by atoms with Crippen LogP contribution >= 0.6 is 0 Å². The van der Waals surface area contributed by atoms with Gasteiger partial charge in [0.15, 0.2) is 0 Å². The Morgan fingerprint density at radius 2 is 2.06 bits per heavy atom. The van der Waals surface area contributed by atoms with Gasteiger partial charge in [0.25, 0.3) is 0 Å². The zero-order chi connectivity index (χ0) is 12.4. The molecule has 0 radical (unpaired) electrons. The van der Waals surface area contributed by atoms with Crippen LogP contribution in [0.4, 0.5) is 0 Å². The van der Waals surface area contributed by atoms with E-state index in [0.29, 0.717) is 0 Å². The lowest BCUT2D eigenvalue weighted by molar-refractivity contribution is 0.511. The van der Waals surface area contributed by atoms with Crippen LogP contribution in [0.5, 0.6) is 0 Å². The van der Waals surface area contributed by atoms with Crippen molar-refractivity contribution in [2.75, 3.05) is 0 Å². The first kappa shape index (κ1) is 11.7. The van der Waals surface area contributed by atoms with Crippen LogP contribution in [0.2, 0.25) is 0 Å². The van der Waals surface area contributed by atoms with E-state index in [0.717, 1.165) is 16.9 Å². The van der Waals surface area contributed by atoms with Gasteiger partial charge in [-0.3, -0.25) is 5.32 Å². The van der Waals surface area contributed by atoms with E-state index in [2.05, 4.69) is 33.8 Å². The van der Waals surface area contributed by atoms with Crippen LogP contribution in [-0.2, 0) is 7.05 Å². The van der Waals surface area contributed by atoms with E-state index in [-0.39, 0.29) is 12.1 Å². The minimum Gasteiger partial charge on any atom is -0.330 e. The molecule has 2 rings (SSSR count). The van der Waals surface area contributed by atoms with Crippen molar-refractivity contribution in [3.8, 4) is 12.3 Å². The molecule has 0 saturated heterocycles. The SMILES string of the molecule is C#CC(C)NC(C)c1nc2ccccc2n1C. The maximum absolute atomic E-state index is 5.37. The lowest BCUT2D eigenvalue weighted by Crippen LogP contribution is -2.29. The fraction of sp³-hybridized carbons (Fsp3) is 0.357. The summed E-state index contributed by atoms with van der Waals surface area (Å²) in [6.45, 7) is 4.05. The number of nitrogens with zero attached hydrogens (tertiary/aromatic N) is 2. The highest BCUT2D eigenvalue weighted by Gasteiger charge is 2.14. The molecule has 3 nitrogen and oxygen atoms in total. The molecule has 0 aliphatic carbocycles. The van der Waals surface area contributed by atoms with Crippen LogP contribution in [0.3, 0.4) is 0 Å². The van der Waals surface area contributed by atoms with Crippen LogP contribution in [0.25, 0.3) is 11.0 Å². The predicted molar refractivity (Wildman–Crippen MR) is 70.6 cm³/mol. The molecule has 0 amide bonds. The first-order chi connectivity index (χ1) is 8.13. The molecule has 1 N–H and O–H groups in total. The summed E-state index contributed by atoms with van der Waals surface area (Å²) in [6, 6.07) is 8.31. The van der Waals surface area contributed by atoms with Crippen LogP contribution < -0.4 is 5.32 Å². The molecule has 3 heteroatoms. The summed E-state index contributed by atoms with van der Waals surface area (Å²) in [7, 11) is 2.03. The Labute approximate surface area is 102 Å². The predicted octanol–water partition coefficient (Wildman–Crippen LogP) is 2.25. The minimum atomic E-state index is 0.0461. The first-order valence-corrected chi connectivity index (χ1v) is 5.77. The fourth-order valence-corrected chi connectivity index (χ4v) is 2.05. The number of aryl methyl sites for hydroxylation is 1. The van der Waals surface area contributed by atoms with Gasteiger partial charge in [-0.05, 0) is 26.0 Å². The molecule has 2 atom stereocenters. The number of nitrogens with one attached hydrogen (secondary N) is 1. The van der Waals surface area contributed by atoms with Gasteiger partial charge >= 0.3 is 0 Å². The molecule has 1 aromatic carbocycles. The van der Waals surface area contributed by atoms with E-state index in [4.69, 9.17) is 6.42 Å². The fourth-order valence-electron chi connectivity index (χ4n) is 2.05. The molecule has 2 unspecified atom stereocenters. The van der Waals surface area contributed by atoms with Gasteiger partial charge in [-0.1, -0.05) is 18.1 Å². The molecule has 88 valence electrons. The zero-order valence-corrected chi connectivity index (χ0v) is 10.4. The second-order valence-electron chi connectivity index (χ2n) is 4.29. The number of benzene rings is 1. The average Bonchev–Trinajstić information content (AvgIpc) is 2.67. The van der Waals surface area contributed by atoms with E-state index >= 15 is 0 Å². The minimum absolute atomic E-state index is 0.0461. The van der Waals surface area contributed by atoms with Gasteiger partial charge in [0, 0.05) is 7.05 Å². The summed E-state index contributed by atoms with van der Waals surface area (Å²) in [5, 5.41) is 3.33. The second-order valence-corrected chi connectivity index (χ2v) is 4.29. The van der Waals surface area contributed by atoms with Gasteiger partial charge in [-0.15, -0.1) is 6.42 Å². The Kier molecular flexibility index (Phi) is 3.16. The Balaban J connectivity index is 2.36. The van der Waals surface area contributed by atoms with E-state index in [1.54, 1.807) is 0 Å². The van der Waals surface area contributed by atoms with Gasteiger partial charge in [-0.2, -0.15) is 0 Å². The Morgan fingerprint density at radius 3 is 2.71 bits per heavy atom. The van der Waals surface area contributed by atoms with Crippen molar-refractivity contribution >= 4 is 11.0 Å². The molecule has 0 spiro atoms. The van der Waals surface area contributed by atoms with Crippen molar-refractivity contribution in [2.45, 2.75) is 25.9 Å². The Bertz CT molecular complexity index is 562. The van der Waals surface area contributed by atoms with Crippen LogP contribution in [0.15, 0.2) is 24.3 Å². The molecule has 0 aliphatic heterocycles. The van der Waals surface area contributed by atoms with Crippen molar-refractivity contribution in [3.63, 3.8) is 0 Å². The normalized spacial score (nSPS) is 14.5. The smallest absolute Gasteiger partial charge is 0.126 e. The average molecular weight is 227 g/mol. The highest BCUT2D eigenvalue weighted by molar-refractivity contribution is 5.75. The molecule has 17 heavy (non-hydrogen) atoms. The van der Waals surface area contributed by atoms with Crippen LogP contribution in [0.1, 0.15) is 25.7 Å². The molecule has 0 fully saturated rings. The lowest BCUT2D eigenvalue weighted by atomic mass is 10.2.